The smallest absolute Gasteiger partial charge is 0.237 e. The predicted octanol–water partition coefficient (Wildman–Crippen LogP) is 1.78. The number of carbonyl (C=O) groups is 1. The summed E-state index contributed by atoms with van der Waals surface area (Å²) in [4.78, 5) is 12.1. The zero-order chi connectivity index (χ0) is 14.7. The van der Waals surface area contributed by atoms with Gasteiger partial charge in [-0.25, -0.2) is 0 Å². The van der Waals surface area contributed by atoms with Crippen molar-refractivity contribution in [2.75, 3.05) is 20.3 Å². The van der Waals surface area contributed by atoms with Crippen molar-refractivity contribution in [1.82, 2.24) is 10.6 Å². The third-order valence-electron chi connectivity index (χ3n) is 4.19. The molecule has 0 bridgehead atoms. The Morgan fingerprint density at radius 2 is 2.19 bits per heavy atom. The fourth-order valence-corrected chi connectivity index (χ4v) is 3.01. The molecule has 114 valence electrons. The molecule has 2 unspecified atom stereocenters. The molecular formula is C16H22N2O3. The maximum absolute atomic E-state index is 12.1. The molecule has 5 heteroatoms. The van der Waals surface area contributed by atoms with Gasteiger partial charge in [0.2, 0.25) is 5.91 Å². The third-order valence-corrected chi connectivity index (χ3v) is 4.19. The van der Waals surface area contributed by atoms with Crippen LogP contribution in [-0.2, 0) is 4.79 Å². The van der Waals surface area contributed by atoms with Crippen molar-refractivity contribution in [3.63, 3.8) is 0 Å². The highest BCUT2D eigenvalue weighted by Gasteiger charge is 2.28. The molecule has 2 aliphatic rings. The maximum Gasteiger partial charge on any atom is 0.237 e. The first-order valence-corrected chi connectivity index (χ1v) is 7.62. The van der Waals surface area contributed by atoms with Gasteiger partial charge in [-0.05, 0) is 37.5 Å². The second-order valence-electron chi connectivity index (χ2n) is 5.60. The summed E-state index contributed by atoms with van der Waals surface area (Å²) in [6.45, 7) is 1.46. The standard InChI is InChI=1S/C16H22N2O3/c1-20-11-5-6-15-12(10-11)13(7-9-21-15)18-14-4-2-3-8-17-16(14)19/h5-6,10,13-14,18H,2-4,7-9H2,1H3,(H,17,19). The third kappa shape index (κ3) is 3.13. The lowest BCUT2D eigenvalue weighted by atomic mass is 9.98. The van der Waals surface area contributed by atoms with Gasteiger partial charge in [-0.15, -0.1) is 0 Å². The van der Waals surface area contributed by atoms with Crippen LogP contribution < -0.4 is 20.1 Å². The molecule has 0 radical (unpaired) electrons. The Kier molecular flexibility index (Phi) is 4.29. The Bertz CT molecular complexity index is 518. The molecule has 1 aromatic rings. The van der Waals surface area contributed by atoms with E-state index >= 15 is 0 Å². The van der Waals surface area contributed by atoms with Crippen LogP contribution in [0.3, 0.4) is 0 Å². The van der Waals surface area contributed by atoms with Crippen LogP contribution in [-0.4, -0.2) is 32.2 Å². The van der Waals surface area contributed by atoms with Gasteiger partial charge in [0.25, 0.3) is 0 Å². The molecule has 0 spiro atoms. The van der Waals surface area contributed by atoms with Crippen molar-refractivity contribution >= 4 is 5.91 Å². The molecule has 3 rings (SSSR count). The van der Waals surface area contributed by atoms with Gasteiger partial charge in [0.1, 0.15) is 11.5 Å². The first-order chi connectivity index (χ1) is 10.3. The highest BCUT2D eigenvalue weighted by atomic mass is 16.5. The summed E-state index contributed by atoms with van der Waals surface area (Å²) in [5.74, 6) is 1.81. The molecule has 0 aromatic heterocycles. The Labute approximate surface area is 125 Å². The van der Waals surface area contributed by atoms with E-state index < -0.39 is 0 Å². The molecule has 1 saturated heterocycles. The topological polar surface area (TPSA) is 59.6 Å². The number of amides is 1. The van der Waals surface area contributed by atoms with Crippen LogP contribution in [0.1, 0.15) is 37.3 Å². The van der Waals surface area contributed by atoms with Crippen molar-refractivity contribution in [1.29, 1.82) is 0 Å². The SMILES string of the molecule is COc1ccc2c(c1)C(NC1CCCCNC1=O)CCO2. The first-order valence-electron chi connectivity index (χ1n) is 7.62. The van der Waals surface area contributed by atoms with Gasteiger partial charge in [-0.2, -0.15) is 0 Å². The molecule has 2 N–H and O–H groups in total. The van der Waals surface area contributed by atoms with Gasteiger partial charge in [0.15, 0.2) is 0 Å². The molecule has 2 atom stereocenters. The van der Waals surface area contributed by atoms with Gasteiger partial charge in [0.05, 0.1) is 19.8 Å². The van der Waals surface area contributed by atoms with Gasteiger partial charge in [-0.1, -0.05) is 0 Å². The Hall–Kier alpha value is -1.75. The van der Waals surface area contributed by atoms with E-state index in [1.807, 2.05) is 18.2 Å². The second-order valence-corrected chi connectivity index (χ2v) is 5.60. The number of ether oxygens (including phenoxy) is 2. The average molecular weight is 290 g/mol. The number of hydrogen-bond acceptors (Lipinski definition) is 4. The summed E-state index contributed by atoms with van der Waals surface area (Å²) in [5, 5.41) is 6.48. The Balaban J connectivity index is 1.79. The summed E-state index contributed by atoms with van der Waals surface area (Å²) in [5.41, 5.74) is 1.08. The van der Waals surface area contributed by atoms with E-state index in [1.165, 1.54) is 0 Å². The lowest BCUT2D eigenvalue weighted by Crippen LogP contribution is -2.45. The zero-order valence-corrected chi connectivity index (χ0v) is 12.4. The minimum atomic E-state index is -0.116. The Morgan fingerprint density at radius 3 is 3.05 bits per heavy atom. The van der Waals surface area contributed by atoms with Crippen LogP contribution in [0.4, 0.5) is 0 Å². The summed E-state index contributed by atoms with van der Waals surface area (Å²) >= 11 is 0. The van der Waals surface area contributed by atoms with Crippen molar-refractivity contribution in [2.24, 2.45) is 0 Å². The van der Waals surface area contributed by atoms with E-state index in [9.17, 15) is 4.79 Å². The number of methoxy groups -OCH3 is 1. The Morgan fingerprint density at radius 1 is 1.29 bits per heavy atom. The largest absolute Gasteiger partial charge is 0.497 e. The van der Waals surface area contributed by atoms with E-state index in [0.29, 0.717) is 6.61 Å². The number of hydrogen-bond donors (Lipinski definition) is 2. The van der Waals surface area contributed by atoms with Gasteiger partial charge in [0, 0.05) is 24.6 Å². The number of fused-ring (bicyclic) bond motifs is 1. The molecule has 2 aliphatic heterocycles. The van der Waals surface area contributed by atoms with Crippen LogP contribution >= 0.6 is 0 Å². The van der Waals surface area contributed by atoms with Crippen molar-refractivity contribution in [2.45, 2.75) is 37.8 Å². The minimum Gasteiger partial charge on any atom is -0.497 e. The normalized spacial score (nSPS) is 25.3. The fraction of sp³-hybridized carbons (Fsp3) is 0.562. The number of nitrogens with one attached hydrogen (secondary N) is 2. The number of carbonyl (C=O) groups excluding carboxylic acids is 1. The van der Waals surface area contributed by atoms with E-state index in [2.05, 4.69) is 10.6 Å². The molecule has 1 fully saturated rings. The van der Waals surface area contributed by atoms with Gasteiger partial charge < -0.3 is 14.8 Å². The van der Waals surface area contributed by atoms with Gasteiger partial charge >= 0.3 is 0 Å². The summed E-state index contributed by atoms with van der Waals surface area (Å²) in [6.07, 6.45) is 3.89. The molecule has 1 amide bonds. The van der Waals surface area contributed by atoms with E-state index in [-0.39, 0.29) is 18.0 Å². The van der Waals surface area contributed by atoms with Crippen molar-refractivity contribution < 1.29 is 14.3 Å². The van der Waals surface area contributed by atoms with Crippen molar-refractivity contribution in [3.8, 4) is 11.5 Å². The van der Waals surface area contributed by atoms with Crippen LogP contribution in [0.5, 0.6) is 11.5 Å². The average Bonchev–Trinajstić information content (AvgIpc) is 2.72. The van der Waals surface area contributed by atoms with Crippen LogP contribution in [0.2, 0.25) is 0 Å². The molecule has 21 heavy (non-hydrogen) atoms. The molecule has 0 saturated carbocycles. The monoisotopic (exact) mass is 290 g/mol. The minimum absolute atomic E-state index is 0.114. The summed E-state index contributed by atoms with van der Waals surface area (Å²) in [6, 6.07) is 5.86. The molecule has 0 aliphatic carbocycles. The van der Waals surface area contributed by atoms with E-state index in [0.717, 1.165) is 49.3 Å². The van der Waals surface area contributed by atoms with Gasteiger partial charge in [-0.3, -0.25) is 10.1 Å². The van der Waals surface area contributed by atoms with E-state index in [4.69, 9.17) is 9.47 Å². The first kappa shape index (κ1) is 14.2. The predicted molar refractivity (Wildman–Crippen MR) is 79.6 cm³/mol. The van der Waals surface area contributed by atoms with Crippen molar-refractivity contribution in [3.05, 3.63) is 23.8 Å². The molecular weight excluding hydrogens is 268 g/mol. The highest BCUT2D eigenvalue weighted by molar-refractivity contribution is 5.82. The summed E-state index contributed by atoms with van der Waals surface area (Å²) < 4.78 is 11.0. The fourth-order valence-electron chi connectivity index (χ4n) is 3.01. The highest BCUT2D eigenvalue weighted by Crippen LogP contribution is 2.35. The quantitative estimate of drug-likeness (QED) is 0.891. The zero-order valence-electron chi connectivity index (χ0n) is 12.4. The van der Waals surface area contributed by atoms with E-state index in [1.54, 1.807) is 7.11 Å². The molecule has 5 nitrogen and oxygen atoms in total. The molecule has 2 heterocycles. The lowest BCUT2D eigenvalue weighted by molar-refractivity contribution is -0.123. The molecule has 1 aromatic carbocycles. The number of benzene rings is 1. The lowest BCUT2D eigenvalue weighted by Gasteiger charge is -2.30. The van der Waals surface area contributed by atoms with Crippen LogP contribution in [0, 0.1) is 0 Å². The van der Waals surface area contributed by atoms with Crippen LogP contribution in [0.15, 0.2) is 18.2 Å². The second kappa shape index (κ2) is 6.35. The van der Waals surface area contributed by atoms with Crippen LogP contribution in [0.25, 0.3) is 0 Å². The number of rotatable bonds is 3. The summed E-state index contributed by atoms with van der Waals surface area (Å²) in [7, 11) is 1.66. The maximum atomic E-state index is 12.1.